The minimum Gasteiger partial charge on any atom is -0.359 e. The standard InChI is InChI=1S/C25H30N8O2/c1-26-23(34)7-5-3-4-6-21(31-25(35)19-14-28-29-15-19)24-27-16-22(30-24)18-10-8-17(9-11-18)20-12-13-33(2)32-20/h8-16,21H,3-7H2,1-2H3,(H,26,34)(H,27,30)(H,28,29)(H,31,35). The van der Waals surface area contributed by atoms with E-state index in [4.69, 9.17) is 0 Å². The first-order chi connectivity index (χ1) is 17.0. The maximum Gasteiger partial charge on any atom is 0.255 e. The van der Waals surface area contributed by atoms with Gasteiger partial charge in [-0.25, -0.2) is 4.98 Å². The Labute approximate surface area is 203 Å². The van der Waals surface area contributed by atoms with Crippen LogP contribution in [0.5, 0.6) is 0 Å². The average Bonchev–Trinajstić information content (AvgIpc) is 3.65. The Kier molecular flexibility index (Phi) is 7.71. The number of aromatic nitrogens is 6. The molecule has 0 spiro atoms. The molecule has 0 saturated carbocycles. The molecular weight excluding hydrogens is 444 g/mol. The molecule has 10 heteroatoms. The fourth-order valence-corrected chi connectivity index (χ4v) is 3.88. The summed E-state index contributed by atoms with van der Waals surface area (Å²) in [7, 11) is 3.54. The molecule has 0 aliphatic heterocycles. The molecule has 1 atom stereocenters. The molecule has 2 amide bonds. The molecule has 182 valence electrons. The fraction of sp³-hybridized carbons (Fsp3) is 0.320. The minimum atomic E-state index is -0.293. The summed E-state index contributed by atoms with van der Waals surface area (Å²) < 4.78 is 1.78. The molecule has 0 aliphatic carbocycles. The molecule has 0 radical (unpaired) electrons. The molecule has 4 N–H and O–H groups in total. The maximum absolute atomic E-state index is 12.7. The smallest absolute Gasteiger partial charge is 0.255 e. The van der Waals surface area contributed by atoms with Crippen molar-refractivity contribution in [2.75, 3.05) is 7.05 Å². The van der Waals surface area contributed by atoms with Crippen LogP contribution in [0.1, 0.15) is 54.3 Å². The molecule has 35 heavy (non-hydrogen) atoms. The van der Waals surface area contributed by atoms with Crippen molar-refractivity contribution in [1.82, 2.24) is 40.6 Å². The number of hydrogen-bond donors (Lipinski definition) is 4. The highest BCUT2D eigenvalue weighted by Gasteiger charge is 2.19. The van der Waals surface area contributed by atoms with E-state index in [1.165, 1.54) is 6.20 Å². The zero-order valence-electron chi connectivity index (χ0n) is 19.9. The van der Waals surface area contributed by atoms with Gasteiger partial charge in [0.05, 0.1) is 35.4 Å². The van der Waals surface area contributed by atoms with E-state index in [0.29, 0.717) is 24.2 Å². The van der Waals surface area contributed by atoms with Gasteiger partial charge in [-0.1, -0.05) is 37.1 Å². The van der Waals surface area contributed by atoms with E-state index >= 15 is 0 Å². The van der Waals surface area contributed by atoms with Crippen LogP contribution in [0.15, 0.2) is 55.1 Å². The van der Waals surface area contributed by atoms with Gasteiger partial charge in [0.2, 0.25) is 5.91 Å². The van der Waals surface area contributed by atoms with Crippen molar-refractivity contribution < 1.29 is 9.59 Å². The third-order valence-electron chi connectivity index (χ3n) is 5.87. The first-order valence-corrected chi connectivity index (χ1v) is 11.7. The second-order valence-corrected chi connectivity index (χ2v) is 8.42. The lowest BCUT2D eigenvalue weighted by Crippen LogP contribution is -2.29. The molecule has 0 fully saturated rings. The molecule has 3 aromatic heterocycles. The molecular formula is C25H30N8O2. The van der Waals surface area contributed by atoms with Crippen molar-refractivity contribution in [2.45, 2.75) is 38.1 Å². The number of unbranched alkanes of at least 4 members (excludes halogenated alkanes) is 2. The largest absolute Gasteiger partial charge is 0.359 e. The summed E-state index contributed by atoms with van der Waals surface area (Å²) in [5.74, 6) is 0.517. The van der Waals surface area contributed by atoms with Gasteiger partial charge in [0.15, 0.2) is 0 Å². The number of nitrogens with one attached hydrogen (secondary N) is 4. The van der Waals surface area contributed by atoms with Gasteiger partial charge in [-0.2, -0.15) is 10.2 Å². The molecule has 3 heterocycles. The van der Waals surface area contributed by atoms with Gasteiger partial charge >= 0.3 is 0 Å². The van der Waals surface area contributed by atoms with E-state index in [0.717, 1.165) is 41.8 Å². The third kappa shape index (κ3) is 6.23. The summed E-state index contributed by atoms with van der Waals surface area (Å²) in [6.07, 6.45) is 10.5. The lowest BCUT2D eigenvalue weighted by Gasteiger charge is -2.16. The number of imidazole rings is 1. The van der Waals surface area contributed by atoms with Crippen molar-refractivity contribution in [3.63, 3.8) is 0 Å². The van der Waals surface area contributed by atoms with Gasteiger partial charge in [0, 0.05) is 38.5 Å². The van der Waals surface area contributed by atoms with Crippen LogP contribution in [0.25, 0.3) is 22.5 Å². The van der Waals surface area contributed by atoms with Crippen molar-refractivity contribution in [1.29, 1.82) is 0 Å². The monoisotopic (exact) mass is 474 g/mol. The van der Waals surface area contributed by atoms with Crippen LogP contribution in [0.2, 0.25) is 0 Å². The van der Waals surface area contributed by atoms with Gasteiger partial charge in [0.25, 0.3) is 5.91 Å². The van der Waals surface area contributed by atoms with Gasteiger partial charge in [-0.15, -0.1) is 0 Å². The Balaban J connectivity index is 1.45. The van der Waals surface area contributed by atoms with Crippen molar-refractivity contribution in [3.05, 3.63) is 66.5 Å². The van der Waals surface area contributed by atoms with E-state index in [9.17, 15) is 9.59 Å². The summed E-state index contributed by atoms with van der Waals surface area (Å²) in [5.41, 5.74) is 4.29. The lowest BCUT2D eigenvalue weighted by molar-refractivity contribution is -0.120. The quantitative estimate of drug-likeness (QED) is 0.247. The average molecular weight is 475 g/mol. The molecule has 0 aliphatic rings. The van der Waals surface area contributed by atoms with Crippen LogP contribution in [-0.4, -0.2) is 48.8 Å². The summed E-state index contributed by atoms with van der Waals surface area (Å²) in [4.78, 5) is 32.1. The number of hydrogen-bond acceptors (Lipinski definition) is 5. The van der Waals surface area contributed by atoms with Crippen molar-refractivity contribution >= 4 is 11.8 Å². The Morgan fingerprint density at radius 1 is 1.06 bits per heavy atom. The van der Waals surface area contributed by atoms with Gasteiger partial charge < -0.3 is 15.6 Å². The Hall–Kier alpha value is -4.21. The lowest BCUT2D eigenvalue weighted by atomic mass is 10.1. The Bertz CT molecular complexity index is 1240. The molecule has 0 saturated heterocycles. The van der Waals surface area contributed by atoms with Gasteiger partial charge in [-0.05, 0) is 24.5 Å². The zero-order valence-corrected chi connectivity index (χ0v) is 19.9. The number of rotatable bonds is 11. The van der Waals surface area contributed by atoms with Gasteiger partial charge in [0.1, 0.15) is 5.82 Å². The summed E-state index contributed by atoms with van der Waals surface area (Å²) >= 11 is 0. The Morgan fingerprint density at radius 2 is 1.86 bits per heavy atom. The number of carbonyl (C=O) groups is 2. The van der Waals surface area contributed by atoms with Crippen LogP contribution in [0.4, 0.5) is 0 Å². The number of H-pyrrole nitrogens is 2. The highest BCUT2D eigenvalue weighted by molar-refractivity contribution is 5.93. The summed E-state index contributed by atoms with van der Waals surface area (Å²) in [5, 5.41) is 16.7. The highest BCUT2D eigenvalue weighted by atomic mass is 16.2. The number of aryl methyl sites for hydroxylation is 1. The second kappa shape index (κ2) is 11.3. The maximum atomic E-state index is 12.7. The zero-order chi connectivity index (χ0) is 24.6. The number of aromatic amines is 2. The Morgan fingerprint density at radius 3 is 2.54 bits per heavy atom. The molecule has 0 bridgehead atoms. The number of amides is 2. The van der Waals surface area contributed by atoms with E-state index in [2.05, 4.69) is 35.9 Å². The number of carbonyl (C=O) groups excluding carboxylic acids is 2. The SMILES string of the molecule is CNC(=O)CCCCCC(NC(=O)c1cn[nH]c1)c1ncc(-c2ccc(-c3ccn(C)n3)cc2)[nH]1. The molecule has 1 unspecified atom stereocenters. The van der Waals surface area contributed by atoms with Crippen LogP contribution in [-0.2, 0) is 11.8 Å². The normalized spacial score (nSPS) is 11.8. The van der Waals surface area contributed by atoms with E-state index in [1.807, 2.05) is 43.6 Å². The second-order valence-electron chi connectivity index (χ2n) is 8.42. The first-order valence-electron chi connectivity index (χ1n) is 11.7. The predicted molar refractivity (Wildman–Crippen MR) is 132 cm³/mol. The predicted octanol–water partition coefficient (Wildman–Crippen LogP) is 3.37. The number of nitrogens with zero attached hydrogens (tertiary/aromatic N) is 4. The molecule has 1 aromatic carbocycles. The third-order valence-corrected chi connectivity index (χ3v) is 5.87. The van der Waals surface area contributed by atoms with E-state index in [1.54, 1.807) is 24.1 Å². The van der Waals surface area contributed by atoms with Crippen LogP contribution < -0.4 is 10.6 Å². The molecule has 4 aromatic rings. The number of benzene rings is 1. The van der Waals surface area contributed by atoms with Crippen LogP contribution >= 0.6 is 0 Å². The highest BCUT2D eigenvalue weighted by Crippen LogP contribution is 2.25. The molecule has 10 nitrogen and oxygen atoms in total. The fourth-order valence-electron chi connectivity index (χ4n) is 3.88. The summed E-state index contributed by atoms with van der Waals surface area (Å²) in [6, 6.07) is 9.80. The first kappa shape index (κ1) is 23.9. The van der Waals surface area contributed by atoms with E-state index < -0.39 is 0 Å². The summed E-state index contributed by atoms with van der Waals surface area (Å²) in [6.45, 7) is 0. The minimum absolute atomic E-state index is 0.0413. The van der Waals surface area contributed by atoms with Crippen molar-refractivity contribution in [3.8, 4) is 22.5 Å². The van der Waals surface area contributed by atoms with Crippen LogP contribution in [0.3, 0.4) is 0 Å². The molecule has 4 rings (SSSR count). The van der Waals surface area contributed by atoms with Crippen molar-refractivity contribution in [2.24, 2.45) is 7.05 Å². The van der Waals surface area contributed by atoms with E-state index in [-0.39, 0.29) is 17.9 Å². The van der Waals surface area contributed by atoms with Crippen LogP contribution in [0, 0.1) is 0 Å². The topological polar surface area (TPSA) is 133 Å². The van der Waals surface area contributed by atoms with Gasteiger partial charge in [-0.3, -0.25) is 19.4 Å².